The first kappa shape index (κ1) is 16.1. The van der Waals surface area contributed by atoms with Gasteiger partial charge in [-0.3, -0.25) is 9.78 Å². The van der Waals surface area contributed by atoms with Gasteiger partial charge in [0.05, 0.1) is 6.04 Å². The van der Waals surface area contributed by atoms with Gasteiger partial charge < -0.3 is 5.32 Å². The van der Waals surface area contributed by atoms with Crippen LogP contribution in [0.3, 0.4) is 0 Å². The van der Waals surface area contributed by atoms with Gasteiger partial charge in [0.1, 0.15) is 5.69 Å². The number of carbonyl (C=O) groups is 1. The molecular weight excluding hydrogens is 274 g/mol. The maximum atomic E-state index is 12.5. The molecule has 1 amide bonds. The third kappa shape index (κ3) is 4.65. The van der Waals surface area contributed by atoms with Gasteiger partial charge in [0.25, 0.3) is 5.91 Å². The number of hydrogen-bond donors (Lipinski definition) is 1. The van der Waals surface area contributed by atoms with Gasteiger partial charge >= 0.3 is 0 Å². The van der Waals surface area contributed by atoms with Crippen LogP contribution >= 0.6 is 0 Å². The van der Waals surface area contributed by atoms with Crippen LogP contribution in [0, 0.1) is 12.3 Å². The third-order valence-electron chi connectivity index (χ3n) is 3.33. The van der Waals surface area contributed by atoms with E-state index in [2.05, 4.69) is 36.1 Å². The molecule has 0 unspecified atom stereocenters. The Morgan fingerprint density at radius 2 is 2.00 bits per heavy atom. The van der Waals surface area contributed by atoms with E-state index in [9.17, 15) is 4.79 Å². The van der Waals surface area contributed by atoms with Gasteiger partial charge in [-0.15, -0.1) is 0 Å². The van der Waals surface area contributed by atoms with E-state index in [0.29, 0.717) is 5.69 Å². The van der Waals surface area contributed by atoms with E-state index < -0.39 is 0 Å². The van der Waals surface area contributed by atoms with E-state index in [0.717, 1.165) is 17.7 Å². The van der Waals surface area contributed by atoms with Crippen molar-refractivity contribution < 1.29 is 4.79 Å². The molecule has 0 spiro atoms. The summed E-state index contributed by atoms with van der Waals surface area (Å²) in [5.41, 5.74) is 2.39. The largest absolute Gasteiger partial charge is 0.344 e. The van der Waals surface area contributed by atoms with Crippen molar-refractivity contribution in [3.8, 4) is 0 Å². The average molecular weight is 297 g/mol. The monoisotopic (exact) mass is 297 g/mol. The van der Waals surface area contributed by atoms with Gasteiger partial charge in [0.2, 0.25) is 0 Å². The first-order valence-corrected chi connectivity index (χ1v) is 7.49. The molecule has 2 heterocycles. The number of aryl methyl sites for hydroxylation is 1. The van der Waals surface area contributed by atoms with Crippen molar-refractivity contribution in [1.29, 1.82) is 0 Å². The quantitative estimate of drug-likeness (QED) is 0.936. The highest BCUT2D eigenvalue weighted by molar-refractivity contribution is 5.92. The molecule has 2 aromatic rings. The van der Waals surface area contributed by atoms with Crippen LogP contribution in [-0.4, -0.2) is 15.9 Å². The van der Waals surface area contributed by atoms with Crippen molar-refractivity contribution in [2.45, 2.75) is 40.2 Å². The van der Waals surface area contributed by atoms with Crippen LogP contribution in [0.1, 0.15) is 55.0 Å². The van der Waals surface area contributed by atoms with Gasteiger partial charge in [-0.2, -0.15) is 0 Å². The predicted octanol–water partition coefficient (Wildman–Crippen LogP) is 3.69. The molecule has 0 aromatic carbocycles. The molecule has 4 heteroatoms. The highest BCUT2D eigenvalue weighted by Gasteiger charge is 2.23. The standard InChI is InChI=1S/C18H23N3O/c1-13-7-5-9-15(20-13)17(22)21-16(11-18(2,3)4)14-8-6-10-19-12-14/h5-10,12,16H,11H2,1-4H3,(H,21,22)/t16-/m1/s1. The van der Waals surface area contributed by atoms with Gasteiger partial charge in [0.15, 0.2) is 0 Å². The van der Waals surface area contributed by atoms with Crippen LogP contribution in [0.15, 0.2) is 42.7 Å². The van der Waals surface area contributed by atoms with Crippen LogP contribution in [0.4, 0.5) is 0 Å². The van der Waals surface area contributed by atoms with Crippen molar-refractivity contribution >= 4 is 5.91 Å². The Morgan fingerprint density at radius 1 is 1.23 bits per heavy atom. The van der Waals surface area contributed by atoms with Crippen molar-refractivity contribution in [3.05, 3.63) is 59.7 Å². The lowest BCUT2D eigenvalue weighted by Gasteiger charge is -2.27. The van der Waals surface area contributed by atoms with E-state index in [1.807, 2.05) is 31.2 Å². The zero-order chi connectivity index (χ0) is 16.2. The second-order valence-electron chi connectivity index (χ2n) is 6.74. The van der Waals surface area contributed by atoms with E-state index in [-0.39, 0.29) is 17.4 Å². The Kier molecular flexibility index (Phi) is 4.91. The third-order valence-corrected chi connectivity index (χ3v) is 3.33. The van der Waals surface area contributed by atoms with Crippen LogP contribution < -0.4 is 5.32 Å². The molecule has 0 saturated heterocycles. The Labute approximate surface area is 132 Å². The van der Waals surface area contributed by atoms with Crippen molar-refractivity contribution in [3.63, 3.8) is 0 Å². The van der Waals surface area contributed by atoms with E-state index in [4.69, 9.17) is 0 Å². The summed E-state index contributed by atoms with van der Waals surface area (Å²) in [5, 5.41) is 3.09. The molecule has 0 aliphatic carbocycles. The number of rotatable bonds is 4. The van der Waals surface area contributed by atoms with E-state index in [1.54, 1.807) is 18.5 Å². The first-order valence-electron chi connectivity index (χ1n) is 7.49. The van der Waals surface area contributed by atoms with Crippen molar-refractivity contribution in [2.24, 2.45) is 5.41 Å². The number of nitrogens with one attached hydrogen (secondary N) is 1. The molecule has 0 bridgehead atoms. The molecule has 0 radical (unpaired) electrons. The van der Waals surface area contributed by atoms with E-state index >= 15 is 0 Å². The zero-order valence-electron chi connectivity index (χ0n) is 13.6. The molecular formula is C18H23N3O. The van der Waals surface area contributed by atoms with Crippen molar-refractivity contribution in [2.75, 3.05) is 0 Å². The minimum Gasteiger partial charge on any atom is -0.344 e. The van der Waals surface area contributed by atoms with Gasteiger partial charge in [-0.05, 0) is 42.5 Å². The van der Waals surface area contributed by atoms with Crippen molar-refractivity contribution in [1.82, 2.24) is 15.3 Å². The highest BCUT2D eigenvalue weighted by atomic mass is 16.1. The average Bonchev–Trinajstić information content (AvgIpc) is 2.46. The number of pyridine rings is 2. The highest BCUT2D eigenvalue weighted by Crippen LogP contribution is 2.29. The molecule has 0 aliphatic heterocycles. The van der Waals surface area contributed by atoms with Gasteiger partial charge in [-0.25, -0.2) is 4.98 Å². The van der Waals surface area contributed by atoms with Crippen LogP contribution in [-0.2, 0) is 0 Å². The number of hydrogen-bond acceptors (Lipinski definition) is 3. The lowest BCUT2D eigenvalue weighted by molar-refractivity contribution is 0.0921. The predicted molar refractivity (Wildman–Crippen MR) is 87.5 cm³/mol. The molecule has 22 heavy (non-hydrogen) atoms. The molecule has 1 atom stereocenters. The fraction of sp³-hybridized carbons (Fsp3) is 0.389. The molecule has 0 fully saturated rings. The number of amides is 1. The lowest BCUT2D eigenvalue weighted by atomic mass is 9.86. The van der Waals surface area contributed by atoms with Crippen LogP contribution in [0.5, 0.6) is 0 Å². The fourth-order valence-corrected chi connectivity index (χ4v) is 2.35. The van der Waals surface area contributed by atoms with Gasteiger partial charge in [-0.1, -0.05) is 32.9 Å². The zero-order valence-corrected chi connectivity index (χ0v) is 13.6. The second kappa shape index (κ2) is 6.69. The lowest BCUT2D eigenvalue weighted by Crippen LogP contribution is -2.32. The Morgan fingerprint density at radius 3 is 2.59 bits per heavy atom. The Bertz CT molecular complexity index is 632. The number of carbonyl (C=O) groups excluding carboxylic acids is 1. The summed E-state index contributed by atoms with van der Waals surface area (Å²) in [6, 6.07) is 9.27. The maximum Gasteiger partial charge on any atom is 0.270 e. The Hall–Kier alpha value is -2.23. The SMILES string of the molecule is Cc1cccc(C(=O)N[C@H](CC(C)(C)C)c2cccnc2)n1. The summed E-state index contributed by atoms with van der Waals surface area (Å²) in [6.45, 7) is 8.36. The normalized spacial score (nSPS) is 12.7. The smallest absolute Gasteiger partial charge is 0.270 e. The van der Waals surface area contributed by atoms with E-state index in [1.165, 1.54) is 0 Å². The Balaban J connectivity index is 2.21. The molecule has 116 valence electrons. The second-order valence-corrected chi connectivity index (χ2v) is 6.74. The topological polar surface area (TPSA) is 54.9 Å². The fourth-order valence-electron chi connectivity index (χ4n) is 2.35. The minimum absolute atomic E-state index is 0.0801. The molecule has 2 rings (SSSR count). The van der Waals surface area contributed by atoms with Gasteiger partial charge in [0, 0.05) is 18.1 Å². The number of aromatic nitrogens is 2. The maximum absolute atomic E-state index is 12.5. The molecule has 4 nitrogen and oxygen atoms in total. The molecule has 2 aromatic heterocycles. The van der Waals surface area contributed by atoms with Crippen LogP contribution in [0.25, 0.3) is 0 Å². The van der Waals surface area contributed by atoms with Crippen LogP contribution in [0.2, 0.25) is 0 Å². The minimum atomic E-state index is -0.151. The summed E-state index contributed by atoms with van der Waals surface area (Å²) < 4.78 is 0. The molecule has 1 N–H and O–H groups in total. The summed E-state index contributed by atoms with van der Waals surface area (Å²) in [6.07, 6.45) is 4.37. The summed E-state index contributed by atoms with van der Waals surface area (Å²) >= 11 is 0. The summed E-state index contributed by atoms with van der Waals surface area (Å²) in [7, 11) is 0. The number of nitrogens with zero attached hydrogens (tertiary/aromatic N) is 2. The molecule has 0 saturated carbocycles. The molecule has 0 aliphatic rings. The first-order chi connectivity index (χ1) is 10.3. The summed E-state index contributed by atoms with van der Waals surface area (Å²) in [5.74, 6) is -0.151. The summed E-state index contributed by atoms with van der Waals surface area (Å²) in [4.78, 5) is 20.9.